The minimum atomic E-state index is 0.0735. The van der Waals surface area contributed by atoms with Crippen molar-refractivity contribution in [2.24, 2.45) is 0 Å². The van der Waals surface area contributed by atoms with Crippen LogP contribution >= 0.6 is 0 Å². The maximum atomic E-state index is 12.0. The molecule has 4 rings (SSSR count). The molecule has 0 aliphatic rings. The summed E-state index contributed by atoms with van der Waals surface area (Å²) >= 11 is 0. The van der Waals surface area contributed by atoms with Crippen LogP contribution in [0.1, 0.15) is 32.6 Å². The second kappa shape index (κ2) is 12.3. The number of unbranched alkanes of at least 4 members (excludes halogenated alkanes) is 2. The highest BCUT2D eigenvalue weighted by atomic mass is 16.1. The van der Waals surface area contributed by atoms with E-state index < -0.39 is 0 Å². The summed E-state index contributed by atoms with van der Waals surface area (Å²) < 4.78 is 0. The van der Waals surface area contributed by atoms with Gasteiger partial charge in [0.15, 0.2) is 0 Å². The lowest BCUT2D eigenvalue weighted by atomic mass is 10.2. The molecular formula is C30H32N4O. The fourth-order valence-electron chi connectivity index (χ4n) is 3.69. The van der Waals surface area contributed by atoms with Crippen molar-refractivity contribution in [2.75, 3.05) is 21.3 Å². The number of carbonyl (C=O) groups is 1. The maximum absolute atomic E-state index is 12.0. The van der Waals surface area contributed by atoms with Crippen molar-refractivity contribution in [3.8, 4) is 0 Å². The molecule has 0 heterocycles. The molecule has 1 amide bonds. The van der Waals surface area contributed by atoms with Gasteiger partial charge in [0.05, 0.1) is 0 Å². The normalized spacial score (nSPS) is 10.4. The molecule has 0 saturated carbocycles. The van der Waals surface area contributed by atoms with Crippen LogP contribution in [0.3, 0.4) is 0 Å². The highest BCUT2D eigenvalue weighted by Crippen LogP contribution is 2.24. The summed E-state index contributed by atoms with van der Waals surface area (Å²) in [7, 11) is 0. The van der Waals surface area contributed by atoms with Gasteiger partial charge >= 0.3 is 0 Å². The van der Waals surface area contributed by atoms with E-state index in [-0.39, 0.29) is 5.91 Å². The van der Waals surface area contributed by atoms with Gasteiger partial charge in [0.25, 0.3) is 0 Å². The Kier molecular flexibility index (Phi) is 8.38. The van der Waals surface area contributed by atoms with Gasteiger partial charge in [-0.2, -0.15) is 0 Å². The van der Waals surface area contributed by atoms with Crippen molar-refractivity contribution >= 4 is 45.7 Å². The number of benzene rings is 4. The Balaban J connectivity index is 1.27. The molecule has 0 saturated heterocycles. The molecule has 178 valence electrons. The summed E-state index contributed by atoms with van der Waals surface area (Å²) in [6.45, 7) is 2.14. The largest absolute Gasteiger partial charge is 0.356 e. The summed E-state index contributed by atoms with van der Waals surface area (Å²) in [6, 6.07) is 34.3. The van der Waals surface area contributed by atoms with Crippen LogP contribution in [0.4, 0.5) is 39.8 Å². The highest BCUT2D eigenvalue weighted by molar-refractivity contribution is 5.90. The second-order valence-corrected chi connectivity index (χ2v) is 8.48. The molecule has 4 aromatic rings. The number of rotatable bonds is 11. The number of para-hydroxylation sites is 1. The van der Waals surface area contributed by atoms with Crippen molar-refractivity contribution in [3.05, 3.63) is 103 Å². The lowest BCUT2D eigenvalue weighted by Gasteiger charge is -2.11. The molecular weight excluding hydrogens is 432 g/mol. The number of hydrogen-bond donors (Lipinski definition) is 4. The fourth-order valence-corrected chi connectivity index (χ4v) is 3.69. The minimum absolute atomic E-state index is 0.0735. The predicted molar refractivity (Wildman–Crippen MR) is 148 cm³/mol. The zero-order valence-electron chi connectivity index (χ0n) is 20.1. The smallest absolute Gasteiger partial charge is 0.224 e. The van der Waals surface area contributed by atoms with E-state index >= 15 is 0 Å². The Bertz CT molecular complexity index is 1190. The topological polar surface area (TPSA) is 65.2 Å². The first-order valence-electron chi connectivity index (χ1n) is 12.1. The Hall–Kier alpha value is -4.25. The molecule has 4 aromatic carbocycles. The number of amides is 1. The zero-order chi connectivity index (χ0) is 24.3. The van der Waals surface area contributed by atoms with Crippen LogP contribution < -0.4 is 21.3 Å². The fraction of sp³-hybridized carbons (Fsp3) is 0.167. The number of hydrogen-bond acceptors (Lipinski definition) is 4. The number of nitrogens with one attached hydrogen (secondary N) is 4. The van der Waals surface area contributed by atoms with E-state index in [1.807, 2.05) is 78.9 Å². The zero-order valence-corrected chi connectivity index (χ0v) is 20.1. The van der Waals surface area contributed by atoms with Crippen molar-refractivity contribution in [1.82, 2.24) is 0 Å². The van der Waals surface area contributed by atoms with Crippen LogP contribution in [0.2, 0.25) is 0 Å². The summed E-state index contributed by atoms with van der Waals surface area (Å²) in [6.07, 6.45) is 3.71. The Morgan fingerprint density at radius 2 is 0.886 bits per heavy atom. The van der Waals surface area contributed by atoms with Crippen LogP contribution in [0.25, 0.3) is 0 Å². The van der Waals surface area contributed by atoms with Crippen LogP contribution in [0.15, 0.2) is 103 Å². The average molecular weight is 465 g/mol. The predicted octanol–water partition coefficient (Wildman–Crippen LogP) is 8.44. The standard InChI is InChI=1S/C30H32N4O/c1-2-3-5-10-30(35)34-29-21-19-28(20-22-29)33-27-17-15-26(16-18-27)32-25-13-11-24(12-14-25)31-23-8-6-4-7-9-23/h4,6-9,11-22,31-33H,2-3,5,10H2,1H3,(H,34,35). The summed E-state index contributed by atoms with van der Waals surface area (Å²) in [5.74, 6) is 0.0735. The molecule has 0 spiro atoms. The molecule has 5 nitrogen and oxygen atoms in total. The summed E-state index contributed by atoms with van der Waals surface area (Å²) in [5.41, 5.74) is 6.94. The molecule has 0 aromatic heterocycles. The van der Waals surface area contributed by atoms with E-state index in [2.05, 4.69) is 52.5 Å². The molecule has 0 atom stereocenters. The molecule has 0 unspecified atom stereocenters. The van der Waals surface area contributed by atoms with Gasteiger partial charge in [-0.25, -0.2) is 0 Å². The van der Waals surface area contributed by atoms with Gasteiger partial charge in [-0.1, -0.05) is 38.0 Å². The van der Waals surface area contributed by atoms with Crippen molar-refractivity contribution in [1.29, 1.82) is 0 Å². The van der Waals surface area contributed by atoms with Gasteiger partial charge in [0.1, 0.15) is 0 Å². The van der Waals surface area contributed by atoms with Crippen molar-refractivity contribution in [2.45, 2.75) is 32.6 Å². The van der Waals surface area contributed by atoms with Crippen LogP contribution in [-0.2, 0) is 4.79 Å². The van der Waals surface area contributed by atoms with Crippen LogP contribution in [-0.4, -0.2) is 5.91 Å². The number of anilines is 7. The second-order valence-electron chi connectivity index (χ2n) is 8.48. The minimum Gasteiger partial charge on any atom is -0.356 e. The third-order valence-corrected chi connectivity index (χ3v) is 5.59. The molecule has 0 radical (unpaired) electrons. The van der Waals surface area contributed by atoms with Crippen molar-refractivity contribution < 1.29 is 4.79 Å². The first-order valence-corrected chi connectivity index (χ1v) is 12.1. The number of carbonyl (C=O) groups excluding carboxylic acids is 1. The van der Waals surface area contributed by atoms with E-state index in [1.165, 1.54) is 0 Å². The van der Waals surface area contributed by atoms with E-state index in [9.17, 15) is 4.79 Å². The van der Waals surface area contributed by atoms with E-state index in [0.29, 0.717) is 6.42 Å². The third kappa shape index (κ3) is 7.64. The summed E-state index contributed by atoms with van der Waals surface area (Å²) in [5, 5.41) is 13.2. The van der Waals surface area contributed by atoms with E-state index in [1.54, 1.807) is 0 Å². The first-order chi connectivity index (χ1) is 17.2. The third-order valence-electron chi connectivity index (χ3n) is 5.59. The van der Waals surface area contributed by atoms with E-state index in [4.69, 9.17) is 0 Å². The Morgan fingerprint density at radius 3 is 1.29 bits per heavy atom. The first kappa shape index (κ1) is 23.9. The lowest BCUT2D eigenvalue weighted by molar-refractivity contribution is -0.116. The van der Waals surface area contributed by atoms with Gasteiger partial charge in [0.2, 0.25) is 5.91 Å². The summed E-state index contributed by atoms with van der Waals surface area (Å²) in [4.78, 5) is 12.0. The van der Waals surface area contributed by atoms with Gasteiger partial charge in [-0.15, -0.1) is 0 Å². The Morgan fingerprint density at radius 1 is 0.514 bits per heavy atom. The van der Waals surface area contributed by atoms with Crippen LogP contribution in [0, 0.1) is 0 Å². The quantitative estimate of drug-likeness (QED) is 0.168. The molecule has 0 bridgehead atoms. The van der Waals surface area contributed by atoms with Gasteiger partial charge < -0.3 is 21.3 Å². The molecule has 0 aliphatic carbocycles. The van der Waals surface area contributed by atoms with Gasteiger partial charge in [-0.05, 0) is 91.3 Å². The molecule has 0 aliphatic heterocycles. The lowest BCUT2D eigenvalue weighted by Crippen LogP contribution is -2.10. The monoisotopic (exact) mass is 464 g/mol. The highest BCUT2D eigenvalue weighted by Gasteiger charge is 2.03. The molecule has 5 heteroatoms. The maximum Gasteiger partial charge on any atom is 0.224 e. The van der Waals surface area contributed by atoms with Gasteiger partial charge in [-0.3, -0.25) is 4.79 Å². The average Bonchev–Trinajstić information content (AvgIpc) is 2.88. The SMILES string of the molecule is CCCCCC(=O)Nc1ccc(Nc2ccc(Nc3ccc(Nc4ccccc4)cc3)cc2)cc1. The Labute approximate surface area is 207 Å². The van der Waals surface area contributed by atoms with E-state index in [0.717, 1.165) is 59.1 Å². The van der Waals surface area contributed by atoms with Gasteiger partial charge in [0, 0.05) is 46.2 Å². The molecule has 35 heavy (non-hydrogen) atoms. The molecule has 0 fully saturated rings. The van der Waals surface area contributed by atoms with Crippen LogP contribution in [0.5, 0.6) is 0 Å². The molecule has 4 N–H and O–H groups in total. The van der Waals surface area contributed by atoms with Crippen molar-refractivity contribution in [3.63, 3.8) is 0 Å².